The van der Waals surface area contributed by atoms with Crippen LogP contribution in [0.1, 0.15) is 56.3 Å². The fourth-order valence-corrected chi connectivity index (χ4v) is 2.71. The largest absolute Gasteiger partial charge is 0.480 e. The molecule has 4 N–H and O–H groups in total. The van der Waals surface area contributed by atoms with E-state index >= 15 is 0 Å². The number of carboxylic acids is 1. The van der Waals surface area contributed by atoms with Gasteiger partial charge < -0.3 is 30.5 Å². The summed E-state index contributed by atoms with van der Waals surface area (Å²) in [6.45, 7) is 3.65. The highest BCUT2D eigenvalue weighted by Gasteiger charge is 2.22. The van der Waals surface area contributed by atoms with E-state index in [1.54, 1.807) is 31.2 Å². The predicted molar refractivity (Wildman–Crippen MR) is 114 cm³/mol. The number of carboxylic acid groups (broad SMARTS) is 1. The van der Waals surface area contributed by atoms with Crippen LogP contribution in [0.25, 0.3) is 0 Å². The van der Waals surface area contributed by atoms with E-state index in [1.807, 2.05) is 0 Å². The fourth-order valence-electron chi connectivity index (χ4n) is 2.71. The average Bonchev–Trinajstić information content (AvgIpc) is 2.73. The summed E-state index contributed by atoms with van der Waals surface area (Å²) >= 11 is 0. The van der Waals surface area contributed by atoms with Crippen molar-refractivity contribution in [2.45, 2.75) is 58.3 Å². The van der Waals surface area contributed by atoms with E-state index in [-0.39, 0.29) is 31.1 Å². The highest BCUT2D eigenvalue weighted by Crippen LogP contribution is 2.10. The molecule has 0 unspecified atom stereocenters. The number of benzene rings is 1. The summed E-state index contributed by atoms with van der Waals surface area (Å²) in [7, 11) is 0. The van der Waals surface area contributed by atoms with Gasteiger partial charge in [0.25, 0.3) is 12.4 Å². The Morgan fingerprint density at radius 2 is 1.78 bits per heavy atom. The van der Waals surface area contributed by atoms with Crippen LogP contribution in [0.15, 0.2) is 24.3 Å². The molecule has 0 aromatic heterocycles. The molecule has 0 saturated heterocycles. The minimum absolute atomic E-state index is 0.144. The summed E-state index contributed by atoms with van der Waals surface area (Å²) in [5.74, 6) is -1.67. The molecule has 32 heavy (non-hydrogen) atoms. The molecule has 0 aliphatic carbocycles. The number of rotatable bonds is 14. The van der Waals surface area contributed by atoms with Crippen LogP contribution in [-0.4, -0.2) is 54.3 Å². The Morgan fingerprint density at radius 1 is 1.09 bits per heavy atom. The maximum atomic E-state index is 12.1. The molecule has 176 valence electrons. The Morgan fingerprint density at radius 3 is 2.34 bits per heavy atom. The molecule has 1 rings (SSSR count). The number of hydrogen-bond donors (Lipinski definition) is 4. The average molecular weight is 451 g/mol. The Hall–Kier alpha value is -3.63. The number of anilines is 1. The zero-order chi connectivity index (χ0) is 23.9. The van der Waals surface area contributed by atoms with Gasteiger partial charge in [0.1, 0.15) is 6.04 Å². The Bertz CT molecular complexity index is 782. The molecule has 0 heterocycles. The van der Waals surface area contributed by atoms with E-state index in [4.69, 9.17) is 14.6 Å². The van der Waals surface area contributed by atoms with Gasteiger partial charge in [-0.2, -0.15) is 0 Å². The van der Waals surface area contributed by atoms with Crippen molar-refractivity contribution < 1.29 is 38.6 Å². The number of nitrogens with one attached hydrogen (secondary N) is 3. The molecule has 2 atom stereocenters. The van der Waals surface area contributed by atoms with E-state index in [9.17, 15) is 24.0 Å². The van der Waals surface area contributed by atoms with Crippen LogP contribution in [-0.2, 0) is 23.9 Å². The highest BCUT2D eigenvalue weighted by molar-refractivity contribution is 5.95. The molecule has 0 spiro atoms. The van der Waals surface area contributed by atoms with Crippen LogP contribution in [0, 0.1) is 0 Å². The first kappa shape index (κ1) is 26.4. The number of carbonyl (C=O) groups excluding carboxylic acids is 4. The van der Waals surface area contributed by atoms with Crippen LogP contribution in [0.3, 0.4) is 0 Å². The maximum absolute atomic E-state index is 12.1. The fraction of sp³-hybridized carbons (Fsp3) is 0.476. The summed E-state index contributed by atoms with van der Waals surface area (Å²) in [5, 5.41) is 16.6. The Labute approximate surface area is 185 Å². The standard InChI is InChI=1S/C21H29N3O8/c1-3-6-17(20(28)29)24-21(30)32-18(31-13-25)7-4-5-12-22-19(27)15-8-10-16(11-9-15)23-14(2)26/h8-11,13,17-18H,3-7,12H2,1-2H3,(H,22,27)(H,23,26)(H,24,30)(H,28,29)/t17-,18-/m0/s1. The minimum Gasteiger partial charge on any atom is -0.480 e. The molecule has 1 aromatic carbocycles. The number of carbonyl (C=O) groups is 5. The number of amides is 3. The van der Waals surface area contributed by atoms with Crippen molar-refractivity contribution in [3.05, 3.63) is 29.8 Å². The first-order chi connectivity index (χ1) is 15.3. The molecule has 3 amide bonds. The number of unbranched alkanes of at least 4 members (excludes halogenated alkanes) is 1. The molecule has 0 aliphatic heterocycles. The summed E-state index contributed by atoms with van der Waals surface area (Å²) in [6.07, 6.45) is -0.207. The predicted octanol–water partition coefficient (Wildman–Crippen LogP) is 2.02. The Kier molecular flexibility index (Phi) is 11.9. The molecule has 0 saturated carbocycles. The van der Waals surface area contributed by atoms with Crippen molar-refractivity contribution in [1.82, 2.24) is 10.6 Å². The minimum atomic E-state index is -1.18. The van der Waals surface area contributed by atoms with Crippen molar-refractivity contribution in [3.63, 3.8) is 0 Å². The zero-order valence-corrected chi connectivity index (χ0v) is 18.1. The van der Waals surface area contributed by atoms with E-state index in [2.05, 4.69) is 16.0 Å². The lowest BCUT2D eigenvalue weighted by Gasteiger charge is -2.18. The molecule has 11 nitrogen and oxygen atoms in total. The second-order valence-corrected chi connectivity index (χ2v) is 6.90. The number of alkyl carbamates (subject to hydrolysis) is 1. The normalized spacial score (nSPS) is 12.1. The summed E-state index contributed by atoms with van der Waals surface area (Å²) in [5.41, 5.74) is 1.02. The van der Waals surface area contributed by atoms with Gasteiger partial charge in [0.2, 0.25) is 12.2 Å². The number of hydrogen-bond acceptors (Lipinski definition) is 7. The summed E-state index contributed by atoms with van der Waals surface area (Å²) in [6, 6.07) is 5.32. The molecule has 11 heteroatoms. The maximum Gasteiger partial charge on any atom is 0.410 e. The van der Waals surface area contributed by atoms with Gasteiger partial charge in [0, 0.05) is 31.1 Å². The van der Waals surface area contributed by atoms with Crippen LogP contribution in [0.4, 0.5) is 10.5 Å². The molecule has 1 aromatic rings. The quantitative estimate of drug-likeness (QED) is 0.190. The van der Waals surface area contributed by atoms with E-state index in [0.29, 0.717) is 37.1 Å². The Balaban J connectivity index is 2.38. The van der Waals surface area contributed by atoms with Gasteiger partial charge in [-0.05, 0) is 43.5 Å². The lowest BCUT2D eigenvalue weighted by atomic mass is 10.2. The van der Waals surface area contributed by atoms with Crippen molar-refractivity contribution in [2.24, 2.45) is 0 Å². The van der Waals surface area contributed by atoms with Crippen molar-refractivity contribution in [1.29, 1.82) is 0 Å². The third-order valence-corrected chi connectivity index (χ3v) is 4.23. The lowest BCUT2D eigenvalue weighted by molar-refractivity contribution is -0.154. The monoisotopic (exact) mass is 451 g/mol. The first-order valence-corrected chi connectivity index (χ1v) is 10.2. The van der Waals surface area contributed by atoms with E-state index in [1.165, 1.54) is 6.92 Å². The van der Waals surface area contributed by atoms with Crippen LogP contribution in [0.2, 0.25) is 0 Å². The third-order valence-electron chi connectivity index (χ3n) is 4.23. The number of ether oxygens (including phenoxy) is 2. The van der Waals surface area contributed by atoms with Crippen molar-refractivity contribution >= 4 is 36.0 Å². The van der Waals surface area contributed by atoms with Gasteiger partial charge in [-0.25, -0.2) is 9.59 Å². The second-order valence-electron chi connectivity index (χ2n) is 6.90. The summed E-state index contributed by atoms with van der Waals surface area (Å²) in [4.78, 5) is 56.7. The smallest absolute Gasteiger partial charge is 0.410 e. The van der Waals surface area contributed by atoms with Crippen molar-refractivity contribution in [2.75, 3.05) is 11.9 Å². The molecular formula is C21H29N3O8. The highest BCUT2D eigenvalue weighted by atomic mass is 16.7. The topological polar surface area (TPSA) is 160 Å². The van der Waals surface area contributed by atoms with Gasteiger partial charge in [-0.15, -0.1) is 0 Å². The van der Waals surface area contributed by atoms with Crippen LogP contribution < -0.4 is 16.0 Å². The third kappa shape index (κ3) is 10.4. The summed E-state index contributed by atoms with van der Waals surface area (Å²) < 4.78 is 9.69. The van der Waals surface area contributed by atoms with Crippen LogP contribution >= 0.6 is 0 Å². The van der Waals surface area contributed by atoms with Gasteiger partial charge in [-0.3, -0.25) is 14.4 Å². The van der Waals surface area contributed by atoms with Gasteiger partial charge in [-0.1, -0.05) is 13.3 Å². The lowest BCUT2D eigenvalue weighted by Crippen LogP contribution is -2.42. The van der Waals surface area contributed by atoms with Crippen molar-refractivity contribution in [3.8, 4) is 0 Å². The molecule has 0 bridgehead atoms. The molecule has 0 radical (unpaired) electrons. The van der Waals surface area contributed by atoms with E-state index < -0.39 is 24.4 Å². The first-order valence-electron chi connectivity index (χ1n) is 10.2. The second kappa shape index (κ2) is 14.4. The molecule has 0 aliphatic rings. The molecule has 0 fully saturated rings. The SMILES string of the molecule is CCC[C@H](NC(=O)O[C@@H](CCCCNC(=O)c1ccc(NC(C)=O)cc1)OC=O)C(=O)O. The van der Waals surface area contributed by atoms with E-state index in [0.717, 1.165) is 0 Å². The van der Waals surface area contributed by atoms with Gasteiger partial charge in [0.05, 0.1) is 0 Å². The molecular weight excluding hydrogens is 422 g/mol. The zero-order valence-electron chi connectivity index (χ0n) is 18.1. The van der Waals surface area contributed by atoms with Gasteiger partial charge in [0.15, 0.2) is 0 Å². The number of aliphatic carboxylic acids is 1. The van der Waals surface area contributed by atoms with Gasteiger partial charge >= 0.3 is 12.1 Å². The van der Waals surface area contributed by atoms with Crippen LogP contribution in [0.5, 0.6) is 0 Å².